The van der Waals surface area contributed by atoms with Gasteiger partial charge in [0.2, 0.25) is 0 Å². The summed E-state index contributed by atoms with van der Waals surface area (Å²) >= 11 is 0. The second-order valence-electron chi connectivity index (χ2n) is 6.19. The molecule has 1 aliphatic rings. The van der Waals surface area contributed by atoms with Crippen molar-refractivity contribution in [3.63, 3.8) is 0 Å². The van der Waals surface area contributed by atoms with Crippen LogP contribution in [-0.4, -0.2) is 4.98 Å². The first-order chi connectivity index (χ1) is 10.0. The fourth-order valence-corrected chi connectivity index (χ4v) is 3.28. The number of alkyl halides is 3. The molecule has 0 radical (unpaired) electrons. The molecule has 0 atom stereocenters. The second-order valence-corrected chi connectivity index (χ2v) is 6.19. The molecule has 0 spiro atoms. The quantitative estimate of drug-likeness (QED) is 0.612. The van der Waals surface area contributed by atoms with Gasteiger partial charge in [0.1, 0.15) is 5.69 Å². The number of nitrogens with zero attached hydrogens (tertiary/aromatic N) is 1. The topological polar surface area (TPSA) is 12.9 Å². The molecule has 0 saturated heterocycles. The van der Waals surface area contributed by atoms with Crippen LogP contribution < -0.4 is 0 Å². The van der Waals surface area contributed by atoms with Gasteiger partial charge in [0.25, 0.3) is 0 Å². The van der Waals surface area contributed by atoms with E-state index in [1.807, 2.05) is 0 Å². The lowest BCUT2D eigenvalue weighted by atomic mass is 9.77. The maximum absolute atomic E-state index is 12.5. The van der Waals surface area contributed by atoms with Crippen LogP contribution in [0.2, 0.25) is 0 Å². The van der Waals surface area contributed by atoms with Crippen molar-refractivity contribution >= 4 is 0 Å². The van der Waals surface area contributed by atoms with Gasteiger partial charge in [-0.05, 0) is 49.1 Å². The molecule has 0 aliphatic heterocycles. The van der Waals surface area contributed by atoms with Crippen LogP contribution in [0.3, 0.4) is 0 Å². The van der Waals surface area contributed by atoms with E-state index >= 15 is 0 Å². The van der Waals surface area contributed by atoms with Crippen LogP contribution in [0.5, 0.6) is 0 Å². The van der Waals surface area contributed by atoms with Gasteiger partial charge in [-0.15, -0.1) is 0 Å². The molecule has 1 aliphatic carbocycles. The highest BCUT2D eigenvalue weighted by Gasteiger charge is 2.32. The average Bonchev–Trinajstić information content (AvgIpc) is 2.48. The molecule has 1 nitrogen and oxygen atoms in total. The summed E-state index contributed by atoms with van der Waals surface area (Å²) in [6.45, 7) is 2.22. The standard InChI is InChI=1S/C17H24F3N/c1-2-3-4-5-13-6-8-14(9-7-13)15-10-11-16(21-12-15)17(18,19)20/h10-14H,2-9H2,1H3/t13-,14-. The normalized spacial score (nSPS) is 23.2. The monoisotopic (exact) mass is 299 g/mol. The summed E-state index contributed by atoms with van der Waals surface area (Å²) in [5, 5.41) is 0. The van der Waals surface area contributed by atoms with E-state index in [1.165, 1.54) is 44.7 Å². The zero-order valence-electron chi connectivity index (χ0n) is 12.6. The number of unbranched alkanes of at least 4 members (excludes halogenated alkanes) is 2. The molecule has 1 aromatic rings. The minimum atomic E-state index is -4.34. The summed E-state index contributed by atoms with van der Waals surface area (Å²) < 4.78 is 37.5. The van der Waals surface area contributed by atoms with E-state index in [0.29, 0.717) is 5.92 Å². The van der Waals surface area contributed by atoms with E-state index in [9.17, 15) is 13.2 Å². The Balaban J connectivity index is 1.85. The van der Waals surface area contributed by atoms with Crippen molar-refractivity contribution in [3.05, 3.63) is 29.6 Å². The van der Waals surface area contributed by atoms with E-state index in [-0.39, 0.29) is 0 Å². The molecular weight excluding hydrogens is 275 g/mol. The molecule has 0 aromatic carbocycles. The zero-order chi connectivity index (χ0) is 15.3. The fraction of sp³-hybridized carbons (Fsp3) is 0.706. The molecule has 2 rings (SSSR count). The molecule has 0 unspecified atom stereocenters. The third-order valence-corrected chi connectivity index (χ3v) is 4.61. The summed E-state index contributed by atoms with van der Waals surface area (Å²) in [6, 6.07) is 2.72. The van der Waals surface area contributed by atoms with Gasteiger partial charge in [-0.1, -0.05) is 38.7 Å². The first kappa shape index (κ1) is 16.3. The van der Waals surface area contributed by atoms with Gasteiger partial charge in [0, 0.05) is 6.20 Å². The smallest absolute Gasteiger partial charge is 0.251 e. The molecular formula is C17H24F3N. The van der Waals surface area contributed by atoms with Gasteiger partial charge in [-0.25, -0.2) is 0 Å². The average molecular weight is 299 g/mol. The van der Waals surface area contributed by atoms with Crippen molar-refractivity contribution in [2.75, 3.05) is 0 Å². The van der Waals surface area contributed by atoms with Crippen LogP contribution in [-0.2, 0) is 6.18 Å². The Kier molecular flexibility index (Phi) is 5.65. The highest BCUT2D eigenvalue weighted by molar-refractivity contribution is 5.20. The summed E-state index contributed by atoms with van der Waals surface area (Å²) in [7, 11) is 0. The van der Waals surface area contributed by atoms with E-state index in [2.05, 4.69) is 11.9 Å². The first-order valence-corrected chi connectivity index (χ1v) is 8.04. The van der Waals surface area contributed by atoms with Crippen molar-refractivity contribution in [2.24, 2.45) is 5.92 Å². The third kappa shape index (κ3) is 4.72. The van der Waals surface area contributed by atoms with E-state index in [4.69, 9.17) is 0 Å². The van der Waals surface area contributed by atoms with Crippen molar-refractivity contribution in [1.29, 1.82) is 0 Å². The van der Waals surface area contributed by atoms with Gasteiger partial charge in [-0.3, -0.25) is 4.98 Å². The zero-order valence-corrected chi connectivity index (χ0v) is 12.6. The van der Waals surface area contributed by atoms with Crippen molar-refractivity contribution in [2.45, 2.75) is 70.4 Å². The predicted molar refractivity (Wildman–Crippen MR) is 78.1 cm³/mol. The Hall–Kier alpha value is -1.06. The second kappa shape index (κ2) is 7.28. The van der Waals surface area contributed by atoms with Crippen LogP contribution in [0, 0.1) is 5.92 Å². The highest BCUT2D eigenvalue weighted by Crippen LogP contribution is 2.38. The molecule has 0 N–H and O–H groups in total. The fourth-order valence-electron chi connectivity index (χ4n) is 3.28. The minimum absolute atomic E-state index is 0.391. The van der Waals surface area contributed by atoms with E-state index < -0.39 is 11.9 Å². The molecule has 0 amide bonds. The van der Waals surface area contributed by atoms with Crippen LogP contribution in [0.4, 0.5) is 13.2 Å². The lowest BCUT2D eigenvalue weighted by molar-refractivity contribution is -0.141. The number of aromatic nitrogens is 1. The Bertz CT molecular complexity index is 417. The van der Waals surface area contributed by atoms with Gasteiger partial charge in [0.15, 0.2) is 0 Å². The van der Waals surface area contributed by atoms with Gasteiger partial charge in [-0.2, -0.15) is 13.2 Å². The van der Waals surface area contributed by atoms with Gasteiger partial charge < -0.3 is 0 Å². The van der Waals surface area contributed by atoms with Crippen LogP contribution in [0.1, 0.15) is 75.5 Å². The molecule has 1 fully saturated rings. The Morgan fingerprint density at radius 1 is 1.10 bits per heavy atom. The van der Waals surface area contributed by atoms with Crippen molar-refractivity contribution in [1.82, 2.24) is 4.98 Å². The lowest BCUT2D eigenvalue weighted by Gasteiger charge is -2.28. The minimum Gasteiger partial charge on any atom is -0.251 e. The number of hydrogen-bond donors (Lipinski definition) is 0. The molecule has 1 aromatic heterocycles. The number of hydrogen-bond acceptors (Lipinski definition) is 1. The summed E-state index contributed by atoms with van der Waals surface area (Å²) in [5.41, 5.74) is 0.175. The third-order valence-electron chi connectivity index (χ3n) is 4.61. The Morgan fingerprint density at radius 3 is 2.33 bits per heavy atom. The highest BCUT2D eigenvalue weighted by atomic mass is 19.4. The molecule has 1 heterocycles. The van der Waals surface area contributed by atoms with Crippen LogP contribution in [0.15, 0.2) is 18.3 Å². The Morgan fingerprint density at radius 2 is 1.81 bits per heavy atom. The van der Waals surface area contributed by atoms with Crippen LogP contribution in [0.25, 0.3) is 0 Å². The van der Waals surface area contributed by atoms with Crippen LogP contribution >= 0.6 is 0 Å². The lowest BCUT2D eigenvalue weighted by Crippen LogP contribution is -2.14. The molecule has 4 heteroatoms. The number of pyridine rings is 1. The van der Waals surface area contributed by atoms with Crippen molar-refractivity contribution in [3.8, 4) is 0 Å². The Labute approximate surface area is 125 Å². The van der Waals surface area contributed by atoms with E-state index in [1.54, 1.807) is 6.07 Å². The maximum atomic E-state index is 12.5. The molecule has 21 heavy (non-hydrogen) atoms. The first-order valence-electron chi connectivity index (χ1n) is 8.04. The summed E-state index contributed by atoms with van der Waals surface area (Å²) in [4.78, 5) is 3.58. The maximum Gasteiger partial charge on any atom is 0.433 e. The largest absolute Gasteiger partial charge is 0.433 e. The van der Waals surface area contributed by atoms with Gasteiger partial charge in [0.05, 0.1) is 0 Å². The number of rotatable bonds is 5. The van der Waals surface area contributed by atoms with Crippen molar-refractivity contribution < 1.29 is 13.2 Å². The summed E-state index contributed by atoms with van der Waals surface area (Å²) in [6.07, 6.45) is 6.85. The molecule has 0 bridgehead atoms. The summed E-state index contributed by atoms with van der Waals surface area (Å²) in [5.74, 6) is 1.21. The van der Waals surface area contributed by atoms with E-state index in [0.717, 1.165) is 30.4 Å². The van der Waals surface area contributed by atoms with Gasteiger partial charge >= 0.3 is 6.18 Å². The molecule has 118 valence electrons. The predicted octanol–water partition coefficient (Wildman–Crippen LogP) is 5.95. The molecule has 1 saturated carbocycles. The number of halogens is 3. The SMILES string of the molecule is CCCCC[C@H]1CC[C@H](c2ccc(C(F)(F)F)nc2)CC1.